The van der Waals surface area contributed by atoms with Gasteiger partial charge in [-0.1, -0.05) is 13.8 Å². The van der Waals surface area contributed by atoms with Crippen LogP contribution in [0.4, 0.5) is 0 Å². The van der Waals surface area contributed by atoms with Gasteiger partial charge < -0.3 is 15.8 Å². The monoisotopic (exact) mass is 397 g/mol. The molecular weight excluding hydrogens is 366 g/mol. The first kappa shape index (κ1) is 21.7. The van der Waals surface area contributed by atoms with Gasteiger partial charge in [0.05, 0.1) is 7.11 Å². The predicted octanol–water partition coefficient (Wildman–Crippen LogP) is 1.83. The number of sulfonamides is 1. The lowest BCUT2D eigenvalue weighted by atomic mass is 9.94. The Bertz CT molecular complexity index is 777. The fourth-order valence-electron chi connectivity index (χ4n) is 3.37. The summed E-state index contributed by atoms with van der Waals surface area (Å²) in [7, 11) is -2.34. The average Bonchev–Trinajstić information content (AvgIpc) is 2.57. The predicted molar refractivity (Wildman–Crippen MR) is 105 cm³/mol. The quantitative estimate of drug-likeness (QED) is 0.762. The van der Waals surface area contributed by atoms with E-state index in [1.807, 2.05) is 13.8 Å². The molecule has 1 aliphatic rings. The number of hydrogen-bond donors (Lipinski definition) is 2. The number of ether oxygens (including phenoxy) is 1. The molecular formula is C19H31N3O4S. The molecule has 152 valence electrons. The standard InChI is InChI=1S/C19H31N3O4S/c1-13-8-14(2)11-22(10-13)27(24,25)17-9-15(6-7-16(17)26-5)18(23)21-12-19(3,4)20/h6-7,9,13-14H,8,10-12,20H2,1-5H3,(H,21,23). The van der Waals surface area contributed by atoms with Crippen molar-refractivity contribution >= 4 is 15.9 Å². The summed E-state index contributed by atoms with van der Waals surface area (Å²) in [6.45, 7) is 8.91. The topological polar surface area (TPSA) is 102 Å². The molecule has 0 saturated carbocycles. The molecule has 2 unspecified atom stereocenters. The van der Waals surface area contributed by atoms with Crippen molar-refractivity contribution in [3.05, 3.63) is 23.8 Å². The van der Waals surface area contributed by atoms with Crippen molar-refractivity contribution in [3.8, 4) is 5.75 Å². The van der Waals surface area contributed by atoms with Crippen molar-refractivity contribution in [1.82, 2.24) is 9.62 Å². The van der Waals surface area contributed by atoms with E-state index in [2.05, 4.69) is 5.32 Å². The Kier molecular flexibility index (Phi) is 6.55. The lowest BCUT2D eigenvalue weighted by Gasteiger charge is -2.34. The molecule has 0 radical (unpaired) electrons. The Labute approximate surface area is 162 Å². The van der Waals surface area contributed by atoms with E-state index in [0.717, 1.165) is 6.42 Å². The van der Waals surface area contributed by atoms with Crippen molar-refractivity contribution in [2.24, 2.45) is 17.6 Å². The van der Waals surface area contributed by atoms with E-state index in [4.69, 9.17) is 10.5 Å². The molecule has 27 heavy (non-hydrogen) atoms. The van der Waals surface area contributed by atoms with Crippen LogP contribution in [0.1, 0.15) is 44.5 Å². The first-order valence-corrected chi connectivity index (χ1v) is 10.6. The van der Waals surface area contributed by atoms with Gasteiger partial charge in [0.2, 0.25) is 10.0 Å². The normalized spacial score (nSPS) is 21.7. The molecule has 1 amide bonds. The Morgan fingerprint density at radius 2 is 1.89 bits per heavy atom. The number of piperidine rings is 1. The van der Waals surface area contributed by atoms with Crippen LogP contribution in [0.5, 0.6) is 5.75 Å². The molecule has 1 aromatic carbocycles. The van der Waals surface area contributed by atoms with Crippen molar-refractivity contribution in [3.63, 3.8) is 0 Å². The molecule has 1 fully saturated rings. The SMILES string of the molecule is COc1ccc(C(=O)NCC(C)(C)N)cc1S(=O)(=O)N1CC(C)CC(C)C1. The van der Waals surface area contributed by atoms with Crippen molar-refractivity contribution in [2.75, 3.05) is 26.7 Å². The molecule has 7 nitrogen and oxygen atoms in total. The number of benzene rings is 1. The minimum atomic E-state index is -3.77. The maximum atomic E-state index is 13.2. The van der Waals surface area contributed by atoms with E-state index in [0.29, 0.717) is 13.1 Å². The number of nitrogens with two attached hydrogens (primary N) is 1. The number of carbonyl (C=O) groups excluding carboxylic acids is 1. The molecule has 2 atom stereocenters. The summed E-state index contributed by atoms with van der Waals surface area (Å²) in [6, 6.07) is 4.46. The second kappa shape index (κ2) is 8.16. The highest BCUT2D eigenvalue weighted by atomic mass is 32.2. The summed E-state index contributed by atoms with van der Waals surface area (Å²) in [6.07, 6.45) is 1.00. The van der Waals surface area contributed by atoms with Crippen LogP contribution in [0.3, 0.4) is 0 Å². The first-order valence-electron chi connectivity index (χ1n) is 9.19. The molecule has 0 aromatic heterocycles. The van der Waals surface area contributed by atoms with Gasteiger partial charge in [0.1, 0.15) is 10.6 Å². The Balaban J connectivity index is 2.35. The van der Waals surface area contributed by atoms with E-state index in [1.165, 1.54) is 23.5 Å². The van der Waals surface area contributed by atoms with Crippen molar-refractivity contribution in [2.45, 2.75) is 44.6 Å². The molecule has 2 rings (SSSR count). The molecule has 0 bridgehead atoms. The van der Waals surface area contributed by atoms with Gasteiger partial charge in [0.15, 0.2) is 0 Å². The zero-order valence-corrected chi connectivity index (χ0v) is 17.6. The van der Waals surface area contributed by atoms with E-state index >= 15 is 0 Å². The Morgan fingerprint density at radius 1 is 1.30 bits per heavy atom. The lowest BCUT2D eigenvalue weighted by Crippen LogP contribution is -2.45. The second-order valence-corrected chi connectivity index (χ2v) is 10.2. The molecule has 0 spiro atoms. The molecule has 1 saturated heterocycles. The highest BCUT2D eigenvalue weighted by Crippen LogP contribution is 2.32. The number of nitrogens with one attached hydrogen (secondary N) is 1. The third-order valence-corrected chi connectivity index (χ3v) is 6.44. The maximum Gasteiger partial charge on any atom is 0.251 e. The Hall–Kier alpha value is -1.64. The van der Waals surface area contributed by atoms with Crippen LogP contribution < -0.4 is 15.8 Å². The van der Waals surface area contributed by atoms with Crippen LogP contribution in [0.2, 0.25) is 0 Å². The van der Waals surface area contributed by atoms with Gasteiger partial charge in [0.25, 0.3) is 5.91 Å². The van der Waals surface area contributed by atoms with E-state index in [1.54, 1.807) is 19.9 Å². The maximum absolute atomic E-state index is 13.2. The number of methoxy groups -OCH3 is 1. The van der Waals surface area contributed by atoms with E-state index in [9.17, 15) is 13.2 Å². The van der Waals surface area contributed by atoms with Crippen LogP contribution in [0.15, 0.2) is 23.1 Å². The van der Waals surface area contributed by atoms with Crippen LogP contribution >= 0.6 is 0 Å². The number of amides is 1. The summed E-state index contributed by atoms with van der Waals surface area (Å²) < 4.78 is 33.3. The summed E-state index contributed by atoms with van der Waals surface area (Å²) in [5, 5.41) is 2.74. The smallest absolute Gasteiger partial charge is 0.251 e. The van der Waals surface area contributed by atoms with Crippen LogP contribution in [0, 0.1) is 11.8 Å². The summed E-state index contributed by atoms with van der Waals surface area (Å²) in [5.74, 6) is 0.435. The van der Waals surface area contributed by atoms with Gasteiger partial charge in [0, 0.05) is 30.7 Å². The first-order chi connectivity index (χ1) is 12.4. The molecule has 1 aliphatic heterocycles. The highest BCUT2D eigenvalue weighted by molar-refractivity contribution is 7.89. The lowest BCUT2D eigenvalue weighted by molar-refractivity contribution is 0.0945. The summed E-state index contributed by atoms with van der Waals surface area (Å²) >= 11 is 0. The van der Waals surface area contributed by atoms with Crippen LogP contribution in [-0.2, 0) is 10.0 Å². The molecule has 1 heterocycles. The van der Waals surface area contributed by atoms with Crippen molar-refractivity contribution in [1.29, 1.82) is 0 Å². The highest BCUT2D eigenvalue weighted by Gasteiger charge is 2.34. The largest absolute Gasteiger partial charge is 0.495 e. The third kappa shape index (κ3) is 5.43. The molecule has 1 aromatic rings. The van der Waals surface area contributed by atoms with Gasteiger partial charge in [-0.2, -0.15) is 4.31 Å². The van der Waals surface area contributed by atoms with Crippen LogP contribution in [0.25, 0.3) is 0 Å². The fraction of sp³-hybridized carbons (Fsp3) is 0.632. The second-order valence-electron chi connectivity index (χ2n) is 8.30. The van der Waals surface area contributed by atoms with Gasteiger partial charge in [-0.3, -0.25) is 4.79 Å². The van der Waals surface area contributed by atoms with Gasteiger partial charge in [-0.25, -0.2) is 8.42 Å². The molecule has 3 N–H and O–H groups in total. The molecule has 8 heteroatoms. The van der Waals surface area contributed by atoms with E-state index in [-0.39, 0.29) is 40.5 Å². The van der Waals surface area contributed by atoms with Gasteiger partial charge in [-0.05, 0) is 50.3 Å². The average molecular weight is 398 g/mol. The van der Waals surface area contributed by atoms with Gasteiger partial charge >= 0.3 is 0 Å². The minimum Gasteiger partial charge on any atom is -0.495 e. The van der Waals surface area contributed by atoms with Crippen molar-refractivity contribution < 1.29 is 17.9 Å². The fourth-order valence-corrected chi connectivity index (χ4v) is 5.23. The Morgan fingerprint density at radius 3 is 2.41 bits per heavy atom. The van der Waals surface area contributed by atoms with E-state index < -0.39 is 15.6 Å². The molecule has 0 aliphatic carbocycles. The third-order valence-electron chi connectivity index (χ3n) is 4.58. The summed E-state index contributed by atoms with van der Waals surface area (Å²) in [4.78, 5) is 12.5. The van der Waals surface area contributed by atoms with Gasteiger partial charge in [-0.15, -0.1) is 0 Å². The van der Waals surface area contributed by atoms with Crippen LogP contribution in [-0.4, -0.2) is 50.9 Å². The zero-order chi connectivity index (χ0) is 20.4. The number of nitrogens with zero attached hydrogens (tertiary/aromatic N) is 1. The summed E-state index contributed by atoms with van der Waals surface area (Å²) in [5.41, 5.74) is 5.60. The zero-order valence-electron chi connectivity index (χ0n) is 16.8. The number of carbonyl (C=O) groups is 1. The number of rotatable bonds is 6. The number of hydrogen-bond acceptors (Lipinski definition) is 5. The minimum absolute atomic E-state index is 0.0194.